The molecule has 0 amide bonds. The van der Waals surface area contributed by atoms with Gasteiger partial charge in [0.25, 0.3) is 0 Å². The molecule has 1 atom stereocenters. The van der Waals surface area contributed by atoms with Crippen molar-refractivity contribution >= 4 is 11.8 Å². The molecule has 2 aromatic rings. The van der Waals surface area contributed by atoms with Crippen LogP contribution in [0.4, 0.5) is 13.2 Å². The first-order chi connectivity index (χ1) is 12.8. The molecule has 0 aliphatic carbocycles. The van der Waals surface area contributed by atoms with Crippen LogP contribution >= 0.6 is 11.8 Å². The summed E-state index contributed by atoms with van der Waals surface area (Å²) < 4.78 is 47.4. The molecule has 4 nitrogen and oxygen atoms in total. The van der Waals surface area contributed by atoms with Gasteiger partial charge in [-0.2, -0.15) is 13.2 Å². The fraction of sp³-hybridized carbons (Fsp3) is 0.368. The second-order valence-electron chi connectivity index (χ2n) is 5.78. The van der Waals surface area contributed by atoms with Crippen LogP contribution in [0.25, 0.3) is 0 Å². The number of halogens is 3. The lowest BCUT2D eigenvalue weighted by atomic mass is 10.1. The summed E-state index contributed by atoms with van der Waals surface area (Å²) in [4.78, 5) is 0.0971. The first-order valence-electron chi connectivity index (χ1n) is 8.28. The number of hydrogen-bond acceptors (Lipinski definition) is 5. The second kappa shape index (κ2) is 9.87. The van der Waals surface area contributed by atoms with Crippen molar-refractivity contribution in [2.24, 2.45) is 0 Å². The van der Waals surface area contributed by atoms with Crippen molar-refractivity contribution in [3.63, 3.8) is 0 Å². The molecule has 0 heterocycles. The molecule has 0 saturated carbocycles. The van der Waals surface area contributed by atoms with E-state index < -0.39 is 11.6 Å². The first-order valence-corrected chi connectivity index (χ1v) is 9.09. The van der Waals surface area contributed by atoms with Gasteiger partial charge >= 0.3 is 5.51 Å². The van der Waals surface area contributed by atoms with Crippen LogP contribution in [0.3, 0.4) is 0 Å². The van der Waals surface area contributed by atoms with Crippen molar-refractivity contribution in [2.75, 3.05) is 27.3 Å². The lowest BCUT2D eigenvalue weighted by Crippen LogP contribution is -2.23. The number of aliphatic hydroxyl groups is 1. The van der Waals surface area contributed by atoms with Gasteiger partial charge in [-0.05, 0) is 60.1 Å². The topological polar surface area (TPSA) is 50.7 Å². The number of ether oxygens (including phenoxy) is 2. The minimum atomic E-state index is -4.31. The molecule has 0 spiro atoms. The number of methoxy groups -OCH3 is 2. The third kappa shape index (κ3) is 6.97. The van der Waals surface area contributed by atoms with Crippen molar-refractivity contribution in [1.29, 1.82) is 0 Å². The van der Waals surface area contributed by atoms with Gasteiger partial charge in [-0.25, -0.2) is 0 Å². The number of nitrogens with one attached hydrogen (secondary N) is 1. The maximum Gasteiger partial charge on any atom is 0.446 e. The van der Waals surface area contributed by atoms with Gasteiger partial charge in [0.15, 0.2) is 11.5 Å². The van der Waals surface area contributed by atoms with Gasteiger partial charge in [0.2, 0.25) is 0 Å². The van der Waals surface area contributed by atoms with Gasteiger partial charge in [-0.3, -0.25) is 0 Å². The van der Waals surface area contributed by atoms with Crippen LogP contribution < -0.4 is 14.8 Å². The number of rotatable bonds is 9. The SMILES string of the molecule is COc1ccc(CCNCC(O)c2ccc(SC(F)(F)F)cc2)cc1OC. The predicted octanol–water partition coefficient (Wildman–Crippen LogP) is 4.18. The van der Waals surface area contributed by atoms with E-state index in [9.17, 15) is 18.3 Å². The minimum Gasteiger partial charge on any atom is -0.493 e. The number of aliphatic hydroxyl groups excluding tert-OH is 1. The summed E-state index contributed by atoms with van der Waals surface area (Å²) in [6, 6.07) is 11.4. The van der Waals surface area contributed by atoms with Crippen molar-refractivity contribution in [2.45, 2.75) is 22.9 Å². The van der Waals surface area contributed by atoms with E-state index in [0.717, 1.165) is 12.0 Å². The first kappa shape index (κ1) is 21.4. The van der Waals surface area contributed by atoms with Gasteiger partial charge in [0, 0.05) is 11.4 Å². The molecule has 0 aliphatic heterocycles. The molecule has 8 heteroatoms. The Bertz CT molecular complexity index is 723. The van der Waals surface area contributed by atoms with E-state index in [0.29, 0.717) is 30.2 Å². The normalized spacial score (nSPS) is 12.7. The van der Waals surface area contributed by atoms with E-state index in [-0.39, 0.29) is 16.7 Å². The lowest BCUT2D eigenvalue weighted by Gasteiger charge is -2.14. The fourth-order valence-electron chi connectivity index (χ4n) is 2.52. The zero-order valence-corrected chi connectivity index (χ0v) is 15.9. The number of hydrogen-bond donors (Lipinski definition) is 2. The molecule has 148 valence electrons. The molecule has 2 aromatic carbocycles. The average molecular weight is 401 g/mol. The van der Waals surface area contributed by atoms with Crippen LogP contribution in [0.15, 0.2) is 47.4 Å². The van der Waals surface area contributed by atoms with Crippen LogP contribution in [0, 0.1) is 0 Å². The molecular formula is C19H22F3NO3S. The highest BCUT2D eigenvalue weighted by atomic mass is 32.2. The highest BCUT2D eigenvalue weighted by molar-refractivity contribution is 8.00. The fourth-order valence-corrected chi connectivity index (χ4v) is 3.06. The van der Waals surface area contributed by atoms with Crippen LogP contribution in [-0.4, -0.2) is 37.9 Å². The Morgan fingerprint density at radius 2 is 1.70 bits per heavy atom. The minimum absolute atomic E-state index is 0.0971. The lowest BCUT2D eigenvalue weighted by molar-refractivity contribution is -0.0328. The third-order valence-electron chi connectivity index (χ3n) is 3.87. The Morgan fingerprint density at radius 3 is 2.30 bits per heavy atom. The maximum absolute atomic E-state index is 12.3. The number of thioether (sulfide) groups is 1. The van der Waals surface area contributed by atoms with Gasteiger partial charge in [0.05, 0.1) is 20.3 Å². The second-order valence-corrected chi connectivity index (χ2v) is 6.91. The zero-order valence-electron chi connectivity index (χ0n) is 15.0. The smallest absolute Gasteiger partial charge is 0.446 e. The van der Waals surface area contributed by atoms with E-state index in [1.165, 1.54) is 24.3 Å². The van der Waals surface area contributed by atoms with Gasteiger partial charge in [0.1, 0.15) is 0 Å². The van der Waals surface area contributed by atoms with Crippen LogP contribution in [0.1, 0.15) is 17.2 Å². The third-order valence-corrected chi connectivity index (χ3v) is 4.61. The summed E-state index contributed by atoms with van der Waals surface area (Å²) in [5, 5.41) is 13.3. The van der Waals surface area contributed by atoms with E-state index >= 15 is 0 Å². The van der Waals surface area contributed by atoms with Crippen LogP contribution in [0.2, 0.25) is 0 Å². The highest BCUT2D eigenvalue weighted by Gasteiger charge is 2.29. The van der Waals surface area contributed by atoms with Gasteiger partial charge in [-0.1, -0.05) is 18.2 Å². The Balaban J connectivity index is 1.80. The monoisotopic (exact) mass is 401 g/mol. The van der Waals surface area contributed by atoms with Crippen molar-refractivity contribution in [3.05, 3.63) is 53.6 Å². The molecule has 2 N–H and O–H groups in total. The molecule has 0 fully saturated rings. The van der Waals surface area contributed by atoms with Gasteiger partial charge < -0.3 is 19.9 Å². The summed E-state index contributed by atoms with van der Waals surface area (Å²) in [6.07, 6.45) is -0.0610. The van der Waals surface area contributed by atoms with Crippen molar-refractivity contribution in [1.82, 2.24) is 5.32 Å². The molecular weight excluding hydrogens is 379 g/mol. The van der Waals surface area contributed by atoms with Crippen molar-refractivity contribution < 1.29 is 27.8 Å². The van der Waals surface area contributed by atoms with Crippen LogP contribution in [0.5, 0.6) is 11.5 Å². The van der Waals surface area contributed by atoms with E-state index in [2.05, 4.69) is 5.32 Å². The van der Waals surface area contributed by atoms with Crippen LogP contribution in [-0.2, 0) is 6.42 Å². The maximum atomic E-state index is 12.3. The summed E-state index contributed by atoms with van der Waals surface area (Å²) in [6.45, 7) is 0.938. The molecule has 27 heavy (non-hydrogen) atoms. The Hall–Kier alpha value is -1.90. The summed E-state index contributed by atoms with van der Waals surface area (Å²) in [5.74, 6) is 1.32. The predicted molar refractivity (Wildman–Crippen MR) is 99.4 cm³/mol. The Morgan fingerprint density at radius 1 is 1.04 bits per heavy atom. The van der Waals surface area contributed by atoms with E-state index in [1.54, 1.807) is 14.2 Å². The summed E-state index contributed by atoms with van der Waals surface area (Å²) in [5.41, 5.74) is -2.69. The molecule has 0 aromatic heterocycles. The number of alkyl halides is 3. The van der Waals surface area contributed by atoms with E-state index in [4.69, 9.17) is 9.47 Å². The largest absolute Gasteiger partial charge is 0.493 e. The Labute approximate surface area is 160 Å². The quantitative estimate of drug-likeness (QED) is 0.488. The zero-order chi connectivity index (χ0) is 19.9. The standard InChI is InChI=1S/C19H22F3NO3S/c1-25-17-8-3-13(11-18(17)26-2)9-10-23-12-16(24)14-4-6-15(7-5-14)27-19(20,21)22/h3-8,11,16,23-24H,9-10,12H2,1-2H3. The Kier molecular flexibility index (Phi) is 7.82. The number of benzene rings is 2. The molecule has 1 unspecified atom stereocenters. The van der Waals surface area contributed by atoms with E-state index in [1.807, 2.05) is 18.2 Å². The summed E-state index contributed by atoms with van der Waals surface area (Å²) in [7, 11) is 3.16. The summed E-state index contributed by atoms with van der Waals surface area (Å²) >= 11 is -0.171. The van der Waals surface area contributed by atoms with Crippen molar-refractivity contribution in [3.8, 4) is 11.5 Å². The molecule has 2 rings (SSSR count). The molecule has 0 radical (unpaired) electrons. The highest BCUT2D eigenvalue weighted by Crippen LogP contribution is 2.37. The molecule has 0 aliphatic rings. The van der Waals surface area contributed by atoms with Gasteiger partial charge in [-0.15, -0.1) is 0 Å². The average Bonchev–Trinajstić information content (AvgIpc) is 2.64. The molecule has 0 saturated heterocycles. The molecule has 0 bridgehead atoms.